The molecule has 1 heterocycles. The number of rotatable bonds is 8. The van der Waals surface area contributed by atoms with E-state index in [1.165, 1.54) is 0 Å². The first-order valence-electron chi connectivity index (χ1n) is 10.7. The molecule has 1 aromatic rings. The SMILES string of the molecule is CC1(c2ccc(C(=N)N)cc2)NC(=O)N(CC(=O)NC(CC(=O)O)C2CCCCC2)C1=O. The Morgan fingerprint density at radius 2 is 1.88 bits per heavy atom. The van der Waals surface area contributed by atoms with Crippen molar-refractivity contribution in [3.63, 3.8) is 0 Å². The van der Waals surface area contributed by atoms with Crippen LogP contribution in [0.3, 0.4) is 0 Å². The molecule has 1 aliphatic carbocycles. The fourth-order valence-electron chi connectivity index (χ4n) is 4.48. The van der Waals surface area contributed by atoms with E-state index in [-0.39, 0.29) is 18.2 Å². The van der Waals surface area contributed by atoms with Gasteiger partial charge < -0.3 is 21.5 Å². The number of imide groups is 1. The molecule has 4 amide bonds. The summed E-state index contributed by atoms with van der Waals surface area (Å²) in [4.78, 5) is 50.4. The number of carbonyl (C=O) groups is 4. The summed E-state index contributed by atoms with van der Waals surface area (Å²) in [6.45, 7) is 1.05. The van der Waals surface area contributed by atoms with E-state index in [4.69, 9.17) is 11.1 Å². The van der Waals surface area contributed by atoms with Gasteiger partial charge in [0.05, 0.1) is 6.42 Å². The van der Waals surface area contributed by atoms with Crippen LogP contribution in [0.15, 0.2) is 24.3 Å². The molecule has 1 saturated heterocycles. The van der Waals surface area contributed by atoms with Crippen LogP contribution in [0, 0.1) is 11.3 Å². The van der Waals surface area contributed by atoms with E-state index in [2.05, 4.69) is 10.6 Å². The first-order chi connectivity index (χ1) is 15.1. The molecule has 2 fully saturated rings. The molecule has 0 spiro atoms. The van der Waals surface area contributed by atoms with Crippen molar-refractivity contribution in [3.8, 4) is 0 Å². The number of amides is 4. The van der Waals surface area contributed by atoms with Gasteiger partial charge in [0.1, 0.15) is 17.9 Å². The fourth-order valence-corrected chi connectivity index (χ4v) is 4.48. The lowest BCUT2D eigenvalue weighted by molar-refractivity contribution is -0.139. The summed E-state index contributed by atoms with van der Waals surface area (Å²) in [5, 5.41) is 22.1. The summed E-state index contributed by atoms with van der Waals surface area (Å²) in [5.74, 6) is -2.20. The minimum atomic E-state index is -1.36. The van der Waals surface area contributed by atoms with Crippen molar-refractivity contribution in [2.75, 3.05) is 6.54 Å². The number of carboxylic acid groups (broad SMARTS) is 1. The lowest BCUT2D eigenvalue weighted by Crippen LogP contribution is -2.48. The lowest BCUT2D eigenvalue weighted by Gasteiger charge is -2.30. The number of aliphatic carboxylic acids is 1. The third-order valence-corrected chi connectivity index (χ3v) is 6.31. The second-order valence-electron chi connectivity index (χ2n) is 8.61. The van der Waals surface area contributed by atoms with Crippen LogP contribution >= 0.6 is 0 Å². The normalized spacial score (nSPS) is 22.3. The summed E-state index contributed by atoms with van der Waals surface area (Å²) in [6, 6.07) is 5.13. The van der Waals surface area contributed by atoms with Crippen molar-refractivity contribution in [1.29, 1.82) is 5.41 Å². The van der Waals surface area contributed by atoms with Crippen LogP contribution in [-0.4, -0.2) is 52.2 Å². The molecule has 0 bridgehead atoms. The average Bonchev–Trinajstić information content (AvgIpc) is 2.97. The van der Waals surface area contributed by atoms with Crippen molar-refractivity contribution < 1.29 is 24.3 Å². The molecule has 10 heteroatoms. The van der Waals surface area contributed by atoms with Gasteiger partial charge in [0.15, 0.2) is 0 Å². The third-order valence-electron chi connectivity index (χ3n) is 6.31. The van der Waals surface area contributed by atoms with E-state index >= 15 is 0 Å². The number of hydrogen-bond acceptors (Lipinski definition) is 5. The number of nitrogens with one attached hydrogen (secondary N) is 3. The molecule has 0 aromatic heterocycles. The molecule has 1 aliphatic heterocycles. The highest BCUT2D eigenvalue weighted by Crippen LogP contribution is 2.30. The summed E-state index contributed by atoms with van der Waals surface area (Å²) >= 11 is 0. The zero-order valence-corrected chi connectivity index (χ0v) is 18.0. The maximum Gasteiger partial charge on any atom is 0.325 e. The predicted octanol–water partition coefficient (Wildman–Crippen LogP) is 1.28. The Morgan fingerprint density at radius 3 is 2.44 bits per heavy atom. The van der Waals surface area contributed by atoms with E-state index in [1.807, 2.05) is 0 Å². The van der Waals surface area contributed by atoms with Crippen LogP contribution in [0.25, 0.3) is 0 Å². The minimum absolute atomic E-state index is 0.0666. The molecule has 0 radical (unpaired) electrons. The quantitative estimate of drug-likeness (QED) is 0.230. The van der Waals surface area contributed by atoms with Gasteiger partial charge >= 0.3 is 12.0 Å². The van der Waals surface area contributed by atoms with Gasteiger partial charge in [0.2, 0.25) is 5.91 Å². The van der Waals surface area contributed by atoms with E-state index in [9.17, 15) is 24.3 Å². The molecule has 6 N–H and O–H groups in total. The molecule has 3 rings (SSSR count). The standard InChI is InChI=1S/C22H29N5O5/c1-22(15-9-7-14(8-10-15)19(23)24)20(31)27(21(32)26-22)12-17(28)25-16(11-18(29)30)13-5-3-2-4-6-13/h7-10,13,16H,2-6,11-12H2,1H3,(H3,23,24)(H,25,28)(H,26,32)(H,29,30). The van der Waals surface area contributed by atoms with Gasteiger partial charge in [0, 0.05) is 11.6 Å². The molecule has 172 valence electrons. The number of carbonyl (C=O) groups excluding carboxylic acids is 3. The number of nitrogen functional groups attached to an aromatic ring is 1. The van der Waals surface area contributed by atoms with Gasteiger partial charge in [-0.25, -0.2) is 4.79 Å². The summed E-state index contributed by atoms with van der Waals surface area (Å²) in [6.07, 6.45) is 4.57. The lowest BCUT2D eigenvalue weighted by atomic mass is 9.82. The predicted molar refractivity (Wildman–Crippen MR) is 116 cm³/mol. The van der Waals surface area contributed by atoms with Gasteiger partial charge in [-0.1, -0.05) is 43.5 Å². The fraction of sp³-hybridized carbons (Fsp3) is 0.500. The van der Waals surface area contributed by atoms with Crippen molar-refractivity contribution in [3.05, 3.63) is 35.4 Å². The Bertz CT molecular complexity index is 925. The summed E-state index contributed by atoms with van der Waals surface area (Å²) in [5.41, 5.74) is 5.07. The number of carboxylic acids is 1. The number of nitrogens with zero attached hydrogens (tertiary/aromatic N) is 1. The van der Waals surface area contributed by atoms with Crippen LogP contribution in [0.2, 0.25) is 0 Å². The van der Waals surface area contributed by atoms with Gasteiger partial charge in [-0.2, -0.15) is 0 Å². The van der Waals surface area contributed by atoms with Gasteiger partial charge in [0.25, 0.3) is 5.91 Å². The van der Waals surface area contributed by atoms with Crippen molar-refractivity contribution in [2.45, 2.75) is 57.0 Å². The zero-order valence-electron chi connectivity index (χ0n) is 18.0. The highest BCUT2D eigenvalue weighted by Gasteiger charge is 2.49. The third kappa shape index (κ3) is 4.90. The van der Waals surface area contributed by atoms with Gasteiger partial charge in [-0.05, 0) is 31.2 Å². The van der Waals surface area contributed by atoms with Crippen molar-refractivity contribution in [2.24, 2.45) is 11.7 Å². The van der Waals surface area contributed by atoms with Crippen LogP contribution < -0.4 is 16.4 Å². The number of hydrogen-bond donors (Lipinski definition) is 5. The number of urea groups is 1. The Morgan fingerprint density at radius 1 is 1.25 bits per heavy atom. The Balaban J connectivity index is 1.70. The Kier molecular flexibility index (Phi) is 6.81. The highest BCUT2D eigenvalue weighted by molar-refractivity contribution is 6.09. The van der Waals surface area contributed by atoms with Crippen LogP contribution in [-0.2, 0) is 19.9 Å². The van der Waals surface area contributed by atoms with Crippen molar-refractivity contribution in [1.82, 2.24) is 15.5 Å². The van der Waals surface area contributed by atoms with E-state index in [1.54, 1.807) is 31.2 Å². The first-order valence-corrected chi connectivity index (χ1v) is 10.7. The zero-order chi connectivity index (χ0) is 23.5. The molecule has 2 unspecified atom stereocenters. The first kappa shape index (κ1) is 23.2. The molecule has 10 nitrogen and oxygen atoms in total. The molecular weight excluding hydrogens is 414 g/mol. The number of amidine groups is 1. The molecule has 32 heavy (non-hydrogen) atoms. The van der Waals surface area contributed by atoms with E-state index in [0.717, 1.165) is 37.0 Å². The van der Waals surface area contributed by atoms with Crippen LogP contribution in [0.4, 0.5) is 4.79 Å². The summed E-state index contributed by atoms with van der Waals surface area (Å²) < 4.78 is 0. The maximum atomic E-state index is 13.1. The molecule has 2 atom stereocenters. The highest BCUT2D eigenvalue weighted by atomic mass is 16.4. The summed E-state index contributed by atoms with van der Waals surface area (Å²) in [7, 11) is 0. The van der Waals surface area contributed by atoms with Gasteiger partial charge in [-0.3, -0.25) is 24.7 Å². The molecular formula is C22H29N5O5. The number of benzene rings is 1. The largest absolute Gasteiger partial charge is 0.481 e. The van der Waals surface area contributed by atoms with Crippen molar-refractivity contribution >= 4 is 29.7 Å². The average molecular weight is 444 g/mol. The van der Waals surface area contributed by atoms with Crippen LogP contribution in [0.5, 0.6) is 0 Å². The Labute approximate surface area is 186 Å². The van der Waals surface area contributed by atoms with E-state index < -0.39 is 41.9 Å². The monoisotopic (exact) mass is 443 g/mol. The van der Waals surface area contributed by atoms with Gasteiger partial charge in [-0.15, -0.1) is 0 Å². The molecule has 2 aliphatic rings. The minimum Gasteiger partial charge on any atom is -0.481 e. The second kappa shape index (κ2) is 9.37. The maximum absolute atomic E-state index is 13.1. The molecule has 1 saturated carbocycles. The van der Waals surface area contributed by atoms with Crippen LogP contribution in [0.1, 0.15) is 56.6 Å². The number of nitrogens with two attached hydrogens (primary N) is 1. The smallest absolute Gasteiger partial charge is 0.325 e. The topological polar surface area (TPSA) is 166 Å². The molecule has 1 aromatic carbocycles. The Hall–Kier alpha value is -3.43. The van der Waals surface area contributed by atoms with E-state index in [0.29, 0.717) is 11.1 Å². The second-order valence-corrected chi connectivity index (χ2v) is 8.61.